The van der Waals surface area contributed by atoms with Crippen LogP contribution in [0, 0.1) is 12.7 Å². The van der Waals surface area contributed by atoms with Crippen LogP contribution in [0.25, 0.3) is 0 Å². The maximum Gasteiger partial charge on any atom is 0.182 e. The van der Waals surface area contributed by atoms with E-state index in [1.807, 2.05) is 0 Å². The molecular formula is C14H18FNO. The number of carbonyl (C=O) groups excluding carboxylic acids is 1. The van der Waals surface area contributed by atoms with Crippen LogP contribution in [0.15, 0.2) is 18.2 Å². The van der Waals surface area contributed by atoms with Crippen LogP contribution in [0.2, 0.25) is 0 Å². The van der Waals surface area contributed by atoms with E-state index in [1.54, 1.807) is 13.0 Å². The summed E-state index contributed by atoms with van der Waals surface area (Å²) in [6.45, 7) is 1.78. The summed E-state index contributed by atoms with van der Waals surface area (Å²) in [7, 11) is 0. The van der Waals surface area contributed by atoms with Gasteiger partial charge in [0, 0.05) is 5.56 Å². The molecule has 92 valence electrons. The van der Waals surface area contributed by atoms with Crippen molar-refractivity contribution < 1.29 is 9.18 Å². The van der Waals surface area contributed by atoms with Gasteiger partial charge in [0.2, 0.25) is 0 Å². The Bertz CT molecular complexity index is 416. The number of benzene rings is 1. The second-order valence-corrected chi connectivity index (χ2v) is 5.06. The van der Waals surface area contributed by atoms with Crippen LogP contribution in [0.5, 0.6) is 0 Å². The lowest BCUT2D eigenvalue weighted by molar-refractivity contribution is 0.0847. The van der Waals surface area contributed by atoms with Crippen LogP contribution < -0.4 is 5.73 Å². The van der Waals surface area contributed by atoms with Crippen molar-refractivity contribution in [2.45, 2.75) is 44.6 Å². The number of nitrogens with two attached hydrogens (primary N) is 1. The average Bonchev–Trinajstić information content (AvgIpc) is 2.27. The van der Waals surface area contributed by atoms with Gasteiger partial charge in [0.05, 0.1) is 5.54 Å². The molecule has 0 amide bonds. The number of carbonyl (C=O) groups is 1. The van der Waals surface area contributed by atoms with Crippen molar-refractivity contribution in [3.63, 3.8) is 0 Å². The summed E-state index contributed by atoms with van der Waals surface area (Å²) >= 11 is 0. The zero-order valence-corrected chi connectivity index (χ0v) is 10.1. The molecule has 17 heavy (non-hydrogen) atoms. The van der Waals surface area contributed by atoms with Crippen molar-refractivity contribution in [2.75, 3.05) is 0 Å². The molecule has 0 aliphatic heterocycles. The van der Waals surface area contributed by atoms with E-state index in [0.29, 0.717) is 18.4 Å². The minimum Gasteiger partial charge on any atom is -0.319 e. The Morgan fingerprint density at radius 2 is 1.88 bits per heavy atom. The molecule has 2 nitrogen and oxygen atoms in total. The van der Waals surface area contributed by atoms with Gasteiger partial charge in [-0.05, 0) is 43.5 Å². The number of hydrogen-bond donors (Lipinski definition) is 1. The fourth-order valence-corrected chi connectivity index (χ4v) is 2.56. The Morgan fingerprint density at radius 1 is 1.24 bits per heavy atom. The van der Waals surface area contributed by atoms with Gasteiger partial charge < -0.3 is 5.73 Å². The molecule has 0 radical (unpaired) electrons. The lowest BCUT2D eigenvalue weighted by atomic mass is 9.77. The fraction of sp³-hybridized carbons (Fsp3) is 0.500. The quantitative estimate of drug-likeness (QED) is 0.801. The Hall–Kier alpha value is -1.22. The van der Waals surface area contributed by atoms with Crippen LogP contribution in [-0.4, -0.2) is 11.3 Å². The zero-order valence-electron chi connectivity index (χ0n) is 10.1. The normalized spacial score (nSPS) is 19.0. The predicted octanol–water partition coefficient (Wildman–Crippen LogP) is 2.98. The van der Waals surface area contributed by atoms with Crippen molar-refractivity contribution in [3.8, 4) is 0 Å². The number of rotatable bonds is 2. The Morgan fingerprint density at radius 3 is 2.47 bits per heavy atom. The second-order valence-electron chi connectivity index (χ2n) is 5.06. The topological polar surface area (TPSA) is 43.1 Å². The molecular weight excluding hydrogens is 217 g/mol. The third kappa shape index (κ3) is 2.55. The molecule has 0 bridgehead atoms. The summed E-state index contributed by atoms with van der Waals surface area (Å²) < 4.78 is 13.3. The van der Waals surface area contributed by atoms with E-state index < -0.39 is 5.54 Å². The Labute approximate surface area is 101 Å². The lowest BCUT2D eigenvalue weighted by Gasteiger charge is -2.31. The molecule has 0 unspecified atom stereocenters. The van der Waals surface area contributed by atoms with Crippen molar-refractivity contribution in [1.82, 2.24) is 0 Å². The first kappa shape index (κ1) is 12.2. The van der Waals surface area contributed by atoms with Crippen LogP contribution >= 0.6 is 0 Å². The van der Waals surface area contributed by atoms with Gasteiger partial charge in [-0.2, -0.15) is 0 Å². The summed E-state index contributed by atoms with van der Waals surface area (Å²) in [4.78, 5) is 12.3. The van der Waals surface area contributed by atoms with Gasteiger partial charge in [0.15, 0.2) is 5.78 Å². The van der Waals surface area contributed by atoms with E-state index in [0.717, 1.165) is 24.8 Å². The average molecular weight is 235 g/mol. The highest BCUT2D eigenvalue weighted by molar-refractivity contribution is 6.03. The highest BCUT2D eigenvalue weighted by Gasteiger charge is 2.35. The Balaban J connectivity index is 2.29. The van der Waals surface area contributed by atoms with Crippen LogP contribution in [0.4, 0.5) is 4.39 Å². The maximum atomic E-state index is 13.3. The highest BCUT2D eigenvalue weighted by atomic mass is 19.1. The summed E-state index contributed by atoms with van der Waals surface area (Å²) in [6.07, 6.45) is 4.52. The highest BCUT2D eigenvalue weighted by Crippen LogP contribution is 2.29. The van der Waals surface area contributed by atoms with Gasteiger partial charge in [-0.25, -0.2) is 4.39 Å². The van der Waals surface area contributed by atoms with Crippen molar-refractivity contribution in [3.05, 3.63) is 35.1 Å². The molecule has 1 aromatic carbocycles. The minimum absolute atomic E-state index is 0.111. The smallest absolute Gasteiger partial charge is 0.182 e. The third-order valence-corrected chi connectivity index (χ3v) is 3.50. The van der Waals surface area contributed by atoms with Gasteiger partial charge in [-0.15, -0.1) is 0 Å². The van der Waals surface area contributed by atoms with Gasteiger partial charge in [0.25, 0.3) is 0 Å². The summed E-state index contributed by atoms with van der Waals surface area (Å²) in [6, 6.07) is 4.42. The Kier molecular flexibility index (Phi) is 3.29. The van der Waals surface area contributed by atoms with E-state index in [9.17, 15) is 9.18 Å². The van der Waals surface area contributed by atoms with E-state index in [4.69, 9.17) is 5.73 Å². The monoisotopic (exact) mass is 235 g/mol. The van der Waals surface area contributed by atoms with Gasteiger partial charge in [-0.1, -0.05) is 19.3 Å². The first-order valence-electron chi connectivity index (χ1n) is 6.12. The molecule has 1 fully saturated rings. The van der Waals surface area contributed by atoms with Crippen molar-refractivity contribution in [1.29, 1.82) is 0 Å². The van der Waals surface area contributed by atoms with Crippen LogP contribution in [-0.2, 0) is 0 Å². The van der Waals surface area contributed by atoms with E-state index >= 15 is 0 Å². The molecule has 1 saturated carbocycles. The molecule has 0 aromatic heterocycles. The lowest BCUT2D eigenvalue weighted by Crippen LogP contribution is -2.49. The van der Waals surface area contributed by atoms with Gasteiger partial charge in [0.1, 0.15) is 5.82 Å². The third-order valence-electron chi connectivity index (χ3n) is 3.50. The first-order chi connectivity index (χ1) is 8.01. The summed E-state index contributed by atoms with van der Waals surface area (Å²) in [5.74, 6) is -0.479. The van der Waals surface area contributed by atoms with E-state index in [1.165, 1.54) is 12.1 Å². The number of aryl methyl sites for hydroxylation is 1. The number of Topliss-reactive ketones (excluding diaryl/α,β-unsaturated/α-hetero) is 1. The van der Waals surface area contributed by atoms with E-state index in [2.05, 4.69) is 0 Å². The molecule has 2 rings (SSSR count). The molecule has 0 spiro atoms. The van der Waals surface area contributed by atoms with E-state index in [-0.39, 0.29) is 11.6 Å². The first-order valence-corrected chi connectivity index (χ1v) is 6.12. The number of hydrogen-bond acceptors (Lipinski definition) is 2. The fourth-order valence-electron chi connectivity index (χ4n) is 2.56. The summed E-state index contributed by atoms with van der Waals surface area (Å²) in [5.41, 5.74) is 6.55. The second kappa shape index (κ2) is 4.57. The maximum absolute atomic E-state index is 13.3. The van der Waals surface area contributed by atoms with Crippen LogP contribution in [0.3, 0.4) is 0 Å². The molecule has 1 aliphatic carbocycles. The van der Waals surface area contributed by atoms with Crippen molar-refractivity contribution >= 4 is 5.78 Å². The van der Waals surface area contributed by atoms with Gasteiger partial charge >= 0.3 is 0 Å². The van der Waals surface area contributed by atoms with Gasteiger partial charge in [-0.3, -0.25) is 4.79 Å². The number of ketones is 1. The molecule has 1 aliphatic rings. The predicted molar refractivity (Wildman–Crippen MR) is 65.5 cm³/mol. The SMILES string of the molecule is Cc1cc(F)cc(C(=O)C2(N)CCCCC2)c1. The number of halogens is 1. The largest absolute Gasteiger partial charge is 0.319 e. The molecule has 0 saturated heterocycles. The molecule has 3 heteroatoms. The zero-order chi connectivity index (χ0) is 12.5. The summed E-state index contributed by atoms with van der Waals surface area (Å²) in [5, 5.41) is 0. The molecule has 0 atom stereocenters. The molecule has 1 aromatic rings. The minimum atomic E-state index is -0.779. The molecule has 2 N–H and O–H groups in total. The molecule has 0 heterocycles. The van der Waals surface area contributed by atoms with Crippen LogP contribution in [0.1, 0.15) is 48.0 Å². The van der Waals surface area contributed by atoms with Crippen molar-refractivity contribution in [2.24, 2.45) is 5.73 Å². The standard InChI is InChI=1S/C14H18FNO/c1-10-7-11(9-12(15)8-10)13(17)14(16)5-3-2-4-6-14/h7-9H,2-6,16H2,1H3.